The number of aliphatic hydroxyl groups is 1. The molecule has 0 atom stereocenters. The summed E-state index contributed by atoms with van der Waals surface area (Å²) in [7, 11) is 0. The Hall–Kier alpha value is -4.03. The van der Waals surface area contributed by atoms with Crippen LogP contribution in [0.3, 0.4) is 0 Å². The van der Waals surface area contributed by atoms with E-state index in [1.54, 1.807) is 6.20 Å². The van der Waals surface area contributed by atoms with E-state index in [1.807, 2.05) is 84.3 Å². The van der Waals surface area contributed by atoms with E-state index in [-0.39, 0.29) is 11.7 Å². The van der Waals surface area contributed by atoms with Crippen LogP contribution in [0.4, 0.5) is 5.82 Å². The van der Waals surface area contributed by atoms with E-state index < -0.39 is 5.60 Å². The van der Waals surface area contributed by atoms with Crippen LogP contribution in [0.15, 0.2) is 79.1 Å². The van der Waals surface area contributed by atoms with E-state index in [9.17, 15) is 9.90 Å². The molecule has 168 valence electrons. The topological polar surface area (TPSA) is 93.5 Å². The lowest BCUT2D eigenvalue weighted by Crippen LogP contribution is -2.40. The van der Waals surface area contributed by atoms with Crippen LogP contribution in [-0.4, -0.2) is 30.9 Å². The molecule has 0 radical (unpaired) electrons. The first-order valence-corrected chi connectivity index (χ1v) is 11.4. The molecular formula is C28H24N4O2. The lowest BCUT2D eigenvalue weighted by Gasteiger charge is -2.40. The Balaban J connectivity index is 1.56. The van der Waals surface area contributed by atoms with E-state index in [4.69, 9.17) is 10.7 Å². The van der Waals surface area contributed by atoms with Gasteiger partial charge in [0.1, 0.15) is 22.9 Å². The fourth-order valence-corrected chi connectivity index (χ4v) is 5.20. The molecule has 5 aromatic rings. The van der Waals surface area contributed by atoms with Gasteiger partial charge in [0.15, 0.2) is 5.78 Å². The van der Waals surface area contributed by atoms with E-state index in [1.165, 1.54) is 0 Å². The summed E-state index contributed by atoms with van der Waals surface area (Å²) in [6, 6.07) is 21.0. The number of aromatic nitrogens is 3. The molecule has 3 aromatic carbocycles. The van der Waals surface area contributed by atoms with Gasteiger partial charge in [-0.1, -0.05) is 60.7 Å². The number of nitrogens with two attached hydrogens (primary N) is 1. The highest BCUT2D eigenvalue weighted by molar-refractivity contribution is 6.18. The van der Waals surface area contributed by atoms with Crippen molar-refractivity contribution < 1.29 is 9.90 Å². The third kappa shape index (κ3) is 3.18. The van der Waals surface area contributed by atoms with Gasteiger partial charge < -0.3 is 10.8 Å². The van der Waals surface area contributed by atoms with Crippen molar-refractivity contribution in [3.8, 4) is 11.3 Å². The number of nitrogens with zero attached hydrogens (tertiary/aromatic N) is 3. The maximum atomic E-state index is 13.3. The van der Waals surface area contributed by atoms with Crippen LogP contribution in [0.25, 0.3) is 27.5 Å². The standard InChI is InChI=1S/C28H24N4O2/c1-28(34)15-18(16-28)27-31-23(24-26(29)30-13-14-32(24)27)21-11-12-22(20-10-6-5-9-19(20)21)25(33)17-7-3-2-4-8-17/h2-14,18,34H,15-16H2,1H3,(H2,29,30)/t18-,28-. The molecule has 1 saturated carbocycles. The van der Waals surface area contributed by atoms with Crippen LogP contribution in [0.1, 0.15) is 47.4 Å². The van der Waals surface area contributed by atoms with Gasteiger partial charge in [0.05, 0.1) is 5.60 Å². The lowest BCUT2D eigenvalue weighted by molar-refractivity contribution is -0.0335. The molecule has 1 aliphatic carbocycles. The highest BCUT2D eigenvalue weighted by Gasteiger charge is 2.41. The van der Waals surface area contributed by atoms with Gasteiger partial charge >= 0.3 is 0 Å². The number of carbonyl (C=O) groups is 1. The molecule has 0 spiro atoms. The number of fused-ring (bicyclic) bond motifs is 2. The summed E-state index contributed by atoms with van der Waals surface area (Å²) in [5, 5.41) is 12.1. The molecule has 0 saturated heterocycles. The zero-order valence-electron chi connectivity index (χ0n) is 18.8. The largest absolute Gasteiger partial charge is 0.390 e. The Morgan fingerprint density at radius 1 is 1.03 bits per heavy atom. The summed E-state index contributed by atoms with van der Waals surface area (Å²) in [6.07, 6.45) is 4.85. The zero-order valence-corrected chi connectivity index (χ0v) is 18.8. The number of ketones is 1. The van der Waals surface area contributed by atoms with E-state index in [0.717, 1.165) is 33.4 Å². The molecule has 3 N–H and O–H groups in total. The predicted molar refractivity (Wildman–Crippen MR) is 133 cm³/mol. The van der Waals surface area contributed by atoms with Crippen LogP contribution in [-0.2, 0) is 0 Å². The minimum atomic E-state index is -0.665. The number of hydrogen-bond acceptors (Lipinski definition) is 5. The molecule has 1 fully saturated rings. The Kier molecular flexibility index (Phi) is 4.54. The number of rotatable bonds is 4. The van der Waals surface area contributed by atoms with Gasteiger partial charge in [-0.25, -0.2) is 9.97 Å². The summed E-state index contributed by atoms with van der Waals surface area (Å²) in [6.45, 7) is 1.85. The fourth-order valence-electron chi connectivity index (χ4n) is 5.20. The highest BCUT2D eigenvalue weighted by atomic mass is 16.3. The first-order chi connectivity index (χ1) is 16.4. The summed E-state index contributed by atoms with van der Waals surface area (Å²) < 4.78 is 2.00. The normalized spacial score (nSPS) is 19.9. The molecule has 6 nitrogen and oxygen atoms in total. The first kappa shape index (κ1) is 20.6. The van der Waals surface area contributed by atoms with Crippen molar-refractivity contribution in [1.29, 1.82) is 0 Å². The van der Waals surface area contributed by atoms with Crippen LogP contribution < -0.4 is 5.73 Å². The van der Waals surface area contributed by atoms with E-state index >= 15 is 0 Å². The Labute approximate surface area is 196 Å². The van der Waals surface area contributed by atoms with Crippen molar-refractivity contribution in [2.45, 2.75) is 31.3 Å². The van der Waals surface area contributed by atoms with Gasteiger partial charge in [-0.3, -0.25) is 9.20 Å². The SMILES string of the molecule is C[C@]1(O)C[C@H](c2nc(-c3ccc(C(=O)c4ccccc4)c4ccccc34)c3c(N)nccn32)C1. The summed E-state index contributed by atoms with van der Waals surface area (Å²) in [5.74, 6) is 1.40. The molecule has 2 aromatic heterocycles. The number of hydrogen-bond donors (Lipinski definition) is 2. The molecule has 0 amide bonds. The number of carbonyl (C=O) groups excluding carboxylic acids is 1. The zero-order chi connectivity index (χ0) is 23.4. The van der Waals surface area contributed by atoms with Gasteiger partial charge in [0, 0.05) is 35.0 Å². The summed E-state index contributed by atoms with van der Waals surface area (Å²) in [5.41, 5.74) is 9.36. The smallest absolute Gasteiger partial charge is 0.193 e. The fraction of sp³-hybridized carbons (Fsp3) is 0.179. The molecule has 1 aliphatic rings. The van der Waals surface area contributed by atoms with Crippen molar-refractivity contribution in [1.82, 2.24) is 14.4 Å². The highest BCUT2D eigenvalue weighted by Crippen LogP contribution is 2.46. The predicted octanol–water partition coefficient (Wildman–Crippen LogP) is 4.99. The van der Waals surface area contributed by atoms with E-state index in [2.05, 4.69) is 4.98 Å². The molecule has 0 bridgehead atoms. The van der Waals surface area contributed by atoms with Gasteiger partial charge in [-0.05, 0) is 36.6 Å². The molecule has 2 heterocycles. The second kappa shape index (κ2) is 7.50. The molecule has 34 heavy (non-hydrogen) atoms. The van der Waals surface area contributed by atoms with Crippen molar-refractivity contribution in [2.75, 3.05) is 5.73 Å². The molecular weight excluding hydrogens is 424 g/mol. The quantitative estimate of drug-likeness (QED) is 0.378. The van der Waals surface area contributed by atoms with Crippen LogP contribution >= 0.6 is 0 Å². The molecule has 0 unspecified atom stereocenters. The van der Waals surface area contributed by atoms with Gasteiger partial charge in [-0.2, -0.15) is 0 Å². The maximum absolute atomic E-state index is 13.3. The lowest BCUT2D eigenvalue weighted by atomic mass is 9.72. The monoisotopic (exact) mass is 448 g/mol. The Morgan fingerprint density at radius 3 is 2.47 bits per heavy atom. The maximum Gasteiger partial charge on any atom is 0.193 e. The summed E-state index contributed by atoms with van der Waals surface area (Å²) in [4.78, 5) is 22.7. The number of anilines is 1. The average Bonchev–Trinajstić information content (AvgIpc) is 3.22. The van der Waals surface area contributed by atoms with Crippen LogP contribution in [0, 0.1) is 0 Å². The van der Waals surface area contributed by atoms with Crippen molar-refractivity contribution in [3.63, 3.8) is 0 Å². The molecule has 6 rings (SSSR count). The number of benzene rings is 3. The minimum absolute atomic E-state index is 0.0170. The van der Waals surface area contributed by atoms with Crippen molar-refractivity contribution in [3.05, 3.63) is 96.1 Å². The third-order valence-electron chi connectivity index (χ3n) is 6.81. The Bertz CT molecular complexity index is 1560. The van der Waals surface area contributed by atoms with Gasteiger partial charge in [0.25, 0.3) is 0 Å². The second-order valence-corrected chi connectivity index (χ2v) is 9.35. The van der Waals surface area contributed by atoms with Crippen LogP contribution in [0.5, 0.6) is 0 Å². The number of nitrogen functional groups attached to an aromatic ring is 1. The molecule has 6 heteroatoms. The van der Waals surface area contributed by atoms with Gasteiger partial charge in [0.2, 0.25) is 0 Å². The average molecular weight is 449 g/mol. The minimum Gasteiger partial charge on any atom is -0.390 e. The van der Waals surface area contributed by atoms with Crippen LogP contribution in [0.2, 0.25) is 0 Å². The molecule has 0 aliphatic heterocycles. The summed E-state index contributed by atoms with van der Waals surface area (Å²) >= 11 is 0. The van der Waals surface area contributed by atoms with Crippen molar-refractivity contribution in [2.24, 2.45) is 0 Å². The third-order valence-corrected chi connectivity index (χ3v) is 6.81. The Morgan fingerprint density at radius 2 is 1.74 bits per heavy atom. The van der Waals surface area contributed by atoms with Gasteiger partial charge in [-0.15, -0.1) is 0 Å². The first-order valence-electron chi connectivity index (χ1n) is 11.4. The second-order valence-electron chi connectivity index (χ2n) is 9.35. The van der Waals surface area contributed by atoms with Crippen molar-refractivity contribution >= 4 is 27.9 Å². The number of imidazole rings is 1. The van der Waals surface area contributed by atoms with E-state index in [0.29, 0.717) is 29.8 Å².